The van der Waals surface area contributed by atoms with Crippen molar-refractivity contribution in [2.24, 2.45) is 0 Å². The first kappa shape index (κ1) is 12.3. The van der Waals surface area contributed by atoms with Gasteiger partial charge in [0.1, 0.15) is 0 Å². The summed E-state index contributed by atoms with van der Waals surface area (Å²) >= 11 is 3.56. The third kappa shape index (κ3) is 4.07. The molecule has 0 spiro atoms. The first-order valence-electron chi connectivity index (χ1n) is 5.05. The van der Waals surface area contributed by atoms with Gasteiger partial charge in [-0.05, 0) is 31.0 Å². The Bertz CT molecular complexity index is 365. The maximum absolute atomic E-state index is 5.25. The molecule has 0 bridgehead atoms. The molecule has 0 radical (unpaired) electrons. The first-order chi connectivity index (χ1) is 7.13. The number of nitrogens with one attached hydrogen (secondary N) is 1. The van der Waals surface area contributed by atoms with E-state index in [1.165, 1.54) is 11.1 Å². The van der Waals surface area contributed by atoms with Crippen LogP contribution in [-0.2, 0) is 6.54 Å². The molecule has 0 heterocycles. The normalized spacial score (nSPS) is 12.1. The molecule has 1 nitrogen and oxygen atoms in total. The number of benzene rings is 1. The van der Waals surface area contributed by atoms with Crippen LogP contribution in [0.15, 0.2) is 22.7 Å². The standard InChI is InChI=1S/C13H16BrN/c1-4-5-11(3)15-9-12-7-6-10(2)8-13(12)14/h1,6-8,11,15H,5,9H2,2-3H3. The Morgan fingerprint density at radius 1 is 1.53 bits per heavy atom. The summed E-state index contributed by atoms with van der Waals surface area (Å²) in [4.78, 5) is 0. The van der Waals surface area contributed by atoms with E-state index in [0.29, 0.717) is 6.04 Å². The van der Waals surface area contributed by atoms with E-state index in [1.54, 1.807) is 0 Å². The van der Waals surface area contributed by atoms with E-state index in [4.69, 9.17) is 6.42 Å². The summed E-state index contributed by atoms with van der Waals surface area (Å²) in [5.41, 5.74) is 2.53. The summed E-state index contributed by atoms with van der Waals surface area (Å²) in [6.07, 6.45) is 6.02. The molecule has 80 valence electrons. The largest absolute Gasteiger partial charge is 0.309 e. The van der Waals surface area contributed by atoms with E-state index in [9.17, 15) is 0 Å². The molecule has 1 aromatic carbocycles. The van der Waals surface area contributed by atoms with Gasteiger partial charge in [-0.2, -0.15) is 0 Å². The average molecular weight is 266 g/mol. The molecule has 2 heteroatoms. The maximum atomic E-state index is 5.25. The summed E-state index contributed by atoms with van der Waals surface area (Å²) in [6.45, 7) is 5.04. The lowest BCUT2D eigenvalue weighted by molar-refractivity contribution is 0.558. The molecule has 0 aliphatic rings. The van der Waals surface area contributed by atoms with Crippen LogP contribution in [0.25, 0.3) is 0 Å². The zero-order chi connectivity index (χ0) is 11.3. The Kier molecular flexibility index (Phi) is 4.87. The Morgan fingerprint density at radius 3 is 2.87 bits per heavy atom. The SMILES string of the molecule is C#CCC(C)NCc1ccc(C)cc1Br. The Hall–Kier alpha value is -0.780. The van der Waals surface area contributed by atoms with Gasteiger partial charge in [0.05, 0.1) is 0 Å². The molecule has 1 rings (SSSR count). The quantitative estimate of drug-likeness (QED) is 0.825. The minimum Gasteiger partial charge on any atom is -0.309 e. The monoisotopic (exact) mass is 265 g/mol. The number of halogens is 1. The molecule has 1 unspecified atom stereocenters. The highest BCUT2D eigenvalue weighted by molar-refractivity contribution is 9.10. The van der Waals surface area contributed by atoms with Gasteiger partial charge in [-0.1, -0.05) is 28.1 Å². The van der Waals surface area contributed by atoms with Crippen molar-refractivity contribution < 1.29 is 0 Å². The van der Waals surface area contributed by atoms with Gasteiger partial charge < -0.3 is 5.32 Å². The van der Waals surface area contributed by atoms with Crippen LogP contribution in [0.4, 0.5) is 0 Å². The van der Waals surface area contributed by atoms with Gasteiger partial charge in [0.2, 0.25) is 0 Å². The van der Waals surface area contributed by atoms with Crippen molar-refractivity contribution in [2.75, 3.05) is 0 Å². The lowest BCUT2D eigenvalue weighted by Gasteiger charge is -2.12. The topological polar surface area (TPSA) is 12.0 Å². The Labute approximate surface area is 100 Å². The van der Waals surface area contributed by atoms with Crippen molar-refractivity contribution >= 4 is 15.9 Å². The third-order valence-electron chi connectivity index (χ3n) is 2.27. The predicted molar refractivity (Wildman–Crippen MR) is 68.6 cm³/mol. The van der Waals surface area contributed by atoms with Crippen molar-refractivity contribution in [3.63, 3.8) is 0 Å². The molecular formula is C13H16BrN. The number of rotatable bonds is 4. The molecule has 0 aromatic heterocycles. The molecule has 0 aliphatic heterocycles. The van der Waals surface area contributed by atoms with Crippen LogP contribution in [0, 0.1) is 19.3 Å². The molecule has 0 saturated carbocycles. The van der Waals surface area contributed by atoms with E-state index in [1.807, 2.05) is 0 Å². The highest BCUT2D eigenvalue weighted by Gasteiger charge is 2.02. The van der Waals surface area contributed by atoms with E-state index in [0.717, 1.165) is 17.4 Å². The van der Waals surface area contributed by atoms with Gasteiger partial charge >= 0.3 is 0 Å². The first-order valence-corrected chi connectivity index (χ1v) is 5.84. The van der Waals surface area contributed by atoms with Gasteiger partial charge in [-0.3, -0.25) is 0 Å². The predicted octanol–water partition coefficient (Wildman–Crippen LogP) is 3.26. The lowest BCUT2D eigenvalue weighted by atomic mass is 10.1. The fraction of sp³-hybridized carbons (Fsp3) is 0.385. The van der Waals surface area contributed by atoms with Crippen molar-refractivity contribution in [2.45, 2.75) is 32.9 Å². The van der Waals surface area contributed by atoms with Gasteiger partial charge in [-0.15, -0.1) is 12.3 Å². The summed E-state index contributed by atoms with van der Waals surface area (Å²) in [6, 6.07) is 6.74. The highest BCUT2D eigenvalue weighted by Crippen LogP contribution is 2.18. The molecule has 1 atom stereocenters. The van der Waals surface area contributed by atoms with Crippen LogP contribution >= 0.6 is 15.9 Å². The van der Waals surface area contributed by atoms with Crippen LogP contribution in [-0.4, -0.2) is 6.04 Å². The molecular weight excluding hydrogens is 250 g/mol. The number of terminal acetylenes is 1. The van der Waals surface area contributed by atoms with Crippen LogP contribution in [0.5, 0.6) is 0 Å². The second kappa shape index (κ2) is 5.95. The molecule has 0 fully saturated rings. The van der Waals surface area contributed by atoms with Crippen LogP contribution in [0.1, 0.15) is 24.5 Å². The minimum atomic E-state index is 0.364. The van der Waals surface area contributed by atoms with Gasteiger partial charge in [0, 0.05) is 23.5 Å². The highest BCUT2D eigenvalue weighted by atomic mass is 79.9. The van der Waals surface area contributed by atoms with E-state index >= 15 is 0 Å². The molecule has 0 amide bonds. The van der Waals surface area contributed by atoms with Gasteiger partial charge in [0.25, 0.3) is 0 Å². The molecule has 1 aromatic rings. The fourth-order valence-corrected chi connectivity index (χ4v) is 1.96. The van der Waals surface area contributed by atoms with Crippen molar-refractivity contribution in [1.82, 2.24) is 5.32 Å². The Balaban J connectivity index is 2.55. The summed E-state index contributed by atoms with van der Waals surface area (Å²) in [5.74, 6) is 2.65. The fourth-order valence-electron chi connectivity index (χ4n) is 1.33. The van der Waals surface area contributed by atoms with E-state index in [-0.39, 0.29) is 0 Å². The zero-order valence-electron chi connectivity index (χ0n) is 9.18. The average Bonchev–Trinajstić information content (AvgIpc) is 2.17. The molecule has 1 N–H and O–H groups in total. The summed E-state index contributed by atoms with van der Waals surface area (Å²) in [7, 11) is 0. The van der Waals surface area contributed by atoms with Crippen molar-refractivity contribution in [1.29, 1.82) is 0 Å². The number of hydrogen-bond acceptors (Lipinski definition) is 1. The van der Waals surface area contributed by atoms with E-state index in [2.05, 4.69) is 59.2 Å². The summed E-state index contributed by atoms with van der Waals surface area (Å²) < 4.78 is 1.16. The zero-order valence-corrected chi connectivity index (χ0v) is 10.8. The third-order valence-corrected chi connectivity index (χ3v) is 3.01. The van der Waals surface area contributed by atoms with Crippen LogP contribution < -0.4 is 5.32 Å². The Morgan fingerprint density at radius 2 is 2.27 bits per heavy atom. The summed E-state index contributed by atoms with van der Waals surface area (Å²) in [5, 5.41) is 3.39. The van der Waals surface area contributed by atoms with E-state index < -0.39 is 0 Å². The molecule has 0 saturated heterocycles. The number of aryl methyl sites for hydroxylation is 1. The van der Waals surface area contributed by atoms with Gasteiger partial charge in [-0.25, -0.2) is 0 Å². The maximum Gasteiger partial charge on any atom is 0.0238 e. The van der Waals surface area contributed by atoms with Crippen molar-refractivity contribution in [3.8, 4) is 12.3 Å². The molecule has 0 aliphatic carbocycles. The number of hydrogen-bond donors (Lipinski definition) is 1. The second-order valence-corrected chi connectivity index (χ2v) is 4.64. The minimum absolute atomic E-state index is 0.364. The van der Waals surface area contributed by atoms with Crippen LogP contribution in [0.2, 0.25) is 0 Å². The molecule has 15 heavy (non-hydrogen) atoms. The lowest BCUT2D eigenvalue weighted by Crippen LogP contribution is -2.24. The van der Waals surface area contributed by atoms with Crippen molar-refractivity contribution in [3.05, 3.63) is 33.8 Å². The van der Waals surface area contributed by atoms with Gasteiger partial charge in [0.15, 0.2) is 0 Å². The second-order valence-electron chi connectivity index (χ2n) is 3.79. The smallest absolute Gasteiger partial charge is 0.0238 e. The van der Waals surface area contributed by atoms with Crippen LogP contribution in [0.3, 0.4) is 0 Å².